The summed E-state index contributed by atoms with van der Waals surface area (Å²) in [7, 11) is 2.09. The molecule has 162 valence electrons. The first-order valence-electron chi connectivity index (χ1n) is 11.0. The summed E-state index contributed by atoms with van der Waals surface area (Å²) in [6, 6.07) is 1.95. The topological polar surface area (TPSA) is 92.6 Å². The van der Waals surface area contributed by atoms with Crippen molar-refractivity contribution >= 4 is 5.82 Å². The van der Waals surface area contributed by atoms with Gasteiger partial charge in [0.25, 0.3) is 0 Å². The van der Waals surface area contributed by atoms with Crippen LogP contribution in [0.1, 0.15) is 52.4 Å². The van der Waals surface area contributed by atoms with Gasteiger partial charge in [0.1, 0.15) is 12.1 Å². The van der Waals surface area contributed by atoms with Gasteiger partial charge in [0.2, 0.25) is 0 Å². The van der Waals surface area contributed by atoms with E-state index in [2.05, 4.69) is 50.9 Å². The average molecular weight is 420 g/mol. The van der Waals surface area contributed by atoms with E-state index in [0.717, 1.165) is 5.82 Å². The summed E-state index contributed by atoms with van der Waals surface area (Å²) in [5.41, 5.74) is 1.06. The number of nitrogens with one attached hydrogen (secondary N) is 1. The lowest BCUT2D eigenvalue weighted by molar-refractivity contribution is 0.0141. The van der Waals surface area contributed by atoms with E-state index >= 15 is 0 Å². The molecule has 2 saturated carbocycles. The van der Waals surface area contributed by atoms with Gasteiger partial charge in [-0.2, -0.15) is 0 Å². The van der Waals surface area contributed by atoms with Crippen molar-refractivity contribution in [1.82, 2.24) is 29.7 Å². The molecule has 0 spiro atoms. The van der Waals surface area contributed by atoms with Crippen LogP contribution in [-0.2, 0) is 0 Å². The van der Waals surface area contributed by atoms with Gasteiger partial charge in [0, 0.05) is 37.7 Å². The van der Waals surface area contributed by atoms with Gasteiger partial charge in [-0.25, -0.2) is 9.97 Å². The first-order valence-corrected chi connectivity index (χ1v) is 11.0. The predicted octanol–water partition coefficient (Wildman–Crippen LogP) is 3.60. The molecule has 3 aromatic heterocycles. The molecule has 3 aromatic rings. The number of rotatable bonds is 4. The maximum absolute atomic E-state index is 12.6. The van der Waals surface area contributed by atoms with Crippen molar-refractivity contribution in [1.29, 1.82) is 0 Å². The summed E-state index contributed by atoms with van der Waals surface area (Å²) >= 11 is 0. The minimum absolute atomic E-state index is 0.161. The molecule has 2 fully saturated rings. The monoisotopic (exact) mass is 419 g/mol. The van der Waals surface area contributed by atoms with Crippen LogP contribution < -0.4 is 10.3 Å². The first kappa shape index (κ1) is 19.9. The van der Waals surface area contributed by atoms with Gasteiger partial charge in [-0.3, -0.25) is 9.36 Å². The Bertz CT molecular complexity index is 1110. The molecule has 0 amide bonds. The fourth-order valence-electron chi connectivity index (χ4n) is 5.91. The van der Waals surface area contributed by atoms with Crippen LogP contribution in [0.15, 0.2) is 42.0 Å². The Kier molecular flexibility index (Phi) is 4.68. The van der Waals surface area contributed by atoms with Crippen molar-refractivity contribution in [3.63, 3.8) is 0 Å². The molecule has 0 aromatic carbocycles. The van der Waals surface area contributed by atoms with E-state index in [-0.39, 0.29) is 5.43 Å². The Morgan fingerprint density at radius 2 is 1.97 bits per heavy atom. The van der Waals surface area contributed by atoms with Crippen molar-refractivity contribution in [2.45, 2.75) is 58.4 Å². The van der Waals surface area contributed by atoms with Crippen LogP contribution in [-0.4, -0.2) is 42.8 Å². The van der Waals surface area contributed by atoms with Gasteiger partial charge in [0.15, 0.2) is 17.1 Å². The summed E-state index contributed by atoms with van der Waals surface area (Å²) in [6.07, 6.45) is 16.1. The van der Waals surface area contributed by atoms with E-state index in [1.54, 1.807) is 35.7 Å². The minimum Gasteiger partial charge on any atom is -0.354 e. The highest BCUT2D eigenvalue weighted by Gasteiger charge is 2.47. The van der Waals surface area contributed by atoms with Gasteiger partial charge in [-0.15, -0.1) is 10.2 Å². The molecule has 8 heteroatoms. The number of H-pyrrole nitrogens is 1. The van der Waals surface area contributed by atoms with E-state index in [4.69, 9.17) is 0 Å². The summed E-state index contributed by atoms with van der Waals surface area (Å²) in [6.45, 7) is 4.88. The van der Waals surface area contributed by atoms with E-state index in [9.17, 15) is 4.79 Å². The number of nitrogens with zero attached hydrogens (tertiary/aromatic N) is 6. The molecule has 0 radical (unpaired) electrons. The SMILES string of the molecule is CN(c1cnc(-c2c[nH]c(-n3ccnc3)cc2=O)nn1)C1C[C@]2(C)CCC[C@](C)(C1)C2. The summed E-state index contributed by atoms with van der Waals surface area (Å²) in [4.78, 5) is 26.4. The molecule has 31 heavy (non-hydrogen) atoms. The number of hydrogen-bond acceptors (Lipinski definition) is 6. The zero-order chi connectivity index (χ0) is 21.6. The summed E-state index contributed by atoms with van der Waals surface area (Å²) < 4.78 is 1.74. The number of aromatic amines is 1. The van der Waals surface area contributed by atoms with Gasteiger partial charge in [-0.1, -0.05) is 20.3 Å². The molecular formula is C23H29N7O. The maximum Gasteiger partial charge on any atom is 0.194 e. The van der Waals surface area contributed by atoms with Crippen LogP contribution >= 0.6 is 0 Å². The Morgan fingerprint density at radius 1 is 1.19 bits per heavy atom. The van der Waals surface area contributed by atoms with Crippen molar-refractivity contribution in [2.24, 2.45) is 10.8 Å². The third-order valence-electron chi connectivity index (χ3n) is 7.25. The lowest BCUT2D eigenvalue weighted by atomic mass is 9.55. The van der Waals surface area contributed by atoms with Gasteiger partial charge in [-0.05, 0) is 42.9 Å². The standard InChI is InChI=1S/C23H29N7O/c1-22-5-4-6-23(2,14-22)11-16(10-22)29(3)20-13-26-21(28-27-20)17-12-25-19(9-18(17)31)30-8-7-24-15-30/h7-9,12-13,15-16H,4-6,10-11,14H2,1-3H3,(H,25,31)/t16?,22-,23+. The highest BCUT2D eigenvalue weighted by Crippen LogP contribution is 2.56. The quantitative estimate of drug-likeness (QED) is 0.695. The largest absolute Gasteiger partial charge is 0.354 e. The zero-order valence-electron chi connectivity index (χ0n) is 18.4. The molecule has 5 rings (SSSR count). The fourth-order valence-corrected chi connectivity index (χ4v) is 5.91. The highest BCUT2D eigenvalue weighted by molar-refractivity contribution is 5.54. The number of fused-ring (bicyclic) bond motifs is 2. The molecule has 2 bridgehead atoms. The molecule has 3 atom stereocenters. The molecule has 3 heterocycles. The molecule has 8 nitrogen and oxygen atoms in total. The number of hydrogen-bond donors (Lipinski definition) is 1. The second kappa shape index (κ2) is 7.28. The second-order valence-electron chi connectivity index (χ2n) is 10.0. The zero-order valence-corrected chi connectivity index (χ0v) is 18.4. The number of aromatic nitrogens is 6. The maximum atomic E-state index is 12.6. The summed E-state index contributed by atoms with van der Waals surface area (Å²) in [5.74, 6) is 1.72. The highest BCUT2D eigenvalue weighted by atomic mass is 16.1. The van der Waals surface area contributed by atoms with Crippen molar-refractivity contribution in [2.75, 3.05) is 11.9 Å². The minimum atomic E-state index is -0.161. The third kappa shape index (κ3) is 3.75. The molecule has 2 aliphatic carbocycles. The van der Waals surface area contributed by atoms with Crippen molar-refractivity contribution in [3.8, 4) is 17.2 Å². The Balaban J connectivity index is 1.36. The van der Waals surface area contributed by atoms with Gasteiger partial charge < -0.3 is 9.88 Å². The number of pyridine rings is 1. The van der Waals surface area contributed by atoms with E-state index in [1.165, 1.54) is 44.6 Å². The van der Waals surface area contributed by atoms with Crippen LogP contribution in [0.25, 0.3) is 17.2 Å². The van der Waals surface area contributed by atoms with Crippen LogP contribution in [0.3, 0.4) is 0 Å². The second-order valence-corrected chi connectivity index (χ2v) is 10.0. The number of anilines is 1. The van der Waals surface area contributed by atoms with Crippen molar-refractivity contribution < 1.29 is 0 Å². The molecule has 2 aliphatic rings. The molecular weight excluding hydrogens is 390 g/mol. The Hall–Kier alpha value is -3.03. The van der Waals surface area contributed by atoms with Crippen LogP contribution in [0.5, 0.6) is 0 Å². The van der Waals surface area contributed by atoms with Crippen LogP contribution in [0, 0.1) is 10.8 Å². The first-order chi connectivity index (χ1) is 14.8. The molecule has 0 aliphatic heterocycles. The van der Waals surface area contributed by atoms with E-state index in [1.807, 2.05) is 0 Å². The van der Waals surface area contributed by atoms with E-state index < -0.39 is 0 Å². The van der Waals surface area contributed by atoms with E-state index in [0.29, 0.717) is 34.1 Å². The normalized spacial score (nSPS) is 27.8. The Morgan fingerprint density at radius 3 is 2.58 bits per heavy atom. The predicted molar refractivity (Wildman–Crippen MR) is 119 cm³/mol. The van der Waals surface area contributed by atoms with Crippen molar-refractivity contribution in [3.05, 3.63) is 47.4 Å². The van der Waals surface area contributed by atoms with Gasteiger partial charge >= 0.3 is 0 Å². The van der Waals surface area contributed by atoms with Gasteiger partial charge in [0.05, 0.1) is 11.8 Å². The lowest BCUT2D eigenvalue weighted by Gasteiger charge is -2.54. The smallest absolute Gasteiger partial charge is 0.194 e. The molecule has 1 unspecified atom stereocenters. The van der Waals surface area contributed by atoms with Crippen LogP contribution in [0.4, 0.5) is 5.82 Å². The summed E-state index contributed by atoms with van der Waals surface area (Å²) in [5, 5.41) is 8.71. The fraction of sp³-hybridized carbons (Fsp3) is 0.522. The Labute approximate surface area is 181 Å². The molecule has 1 N–H and O–H groups in total. The third-order valence-corrected chi connectivity index (χ3v) is 7.25. The molecule has 0 saturated heterocycles. The van der Waals surface area contributed by atoms with Crippen LogP contribution in [0.2, 0.25) is 0 Å². The lowest BCUT2D eigenvalue weighted by Crippen LogP contribution is -2.49. The number of imidazole rings is 1. The average Bonchev–Trinajstić information content (AvgIpc) is 3.27.